The van der Waals surface area contributed by atoms with Crippen molar-refractivity contribution in [1.82, 2.24) is 14.5 Å². The largest absolute Gasteiger partial charge is 0.391 e. The summed E-state index contributed by atoms with van der Waals surface area (Å²) in [6.07, 6.45) is 3.87. The standard InChI is InChI=1S/C18H25N3O3/c1-2-20-14-9-5-6-10-15(14)21(18(20)24)12-17(23)19-11-16(22)13-7-3-4-8-13/h5-6,9-10,13,16,22H,2-4,7-8,11-12H2,1H3,(H,19,23). The molecule has 0 saturated heterocycles. The Labute approximate surface area is 141 Å². The molecule has 1 unspecified atom stereocenters. The first-order valence-corrected chi connectivity index (χ1v) is 8.74. The highest BCUT2D eigenvalue weighted by Crippen LogP contribution is 2.27. The van der Waals surface area contributed by atoms with Gasteiger partial charge in [-0.3, -0.25) is 13.9 Å². The number of hydrogen-bond acceptors (Lipinski definition) is 3. The molecule has 1 amide bonds. The van der Waals surface area contributed by atoms with E-state index in [0.29, 0.717) is 6.54 Å². The molecular weight excluding hydrogens is 306 g/mol. The van der Waals surface area contributed by atoms with Crippen molar-refractivity contribution in [2.45, 2.75) is 51.8 Å². The van der Waals surface area contributed by atoms with Crippen molar-refractivity contribution < 1.29 is 9.90 Å². The van der Waals surface area contributed by atoms with Crippen LogP contribution in [-0.2, 0) is 17.9 Å². The van der Waals surface area contributed by atoms with Crippen molar-refractivity contribution >= 4 is 16.9 Å². The van der Waals surface area contributed by atoms with E-state index in [-0.39, 0.29) is 30.6 Å². The van der Waals surface area contributed by atoms with Crippen molar-refractivity contribution in [1.29, 1.82) is 0 Å². The number of fused-ring (bicyclic) bond motifs is 1. The molecule has 6 nitrogen and oxygen atoms in total. The number of aliphatic hydroxyl groups is 1. The molecule has 3 rings (SSSR count). The highest BCUT2D eigenvalue weighted by atomic mass is 16.3. The summed E-state index contributed by atoms with van der Waals surface area (Å²) in [7, 11) is 0. The van der Waals surface area contributed by atoms with Gasteiger partial charge < -0.3 is 10.4 Å². The van der Waals surface area contributed by atoms with Crippen LogP contribution in [0.3, 0.4) is 0 Å². The first-order chi connectivity index (χ1) is 11.6. The van der Waals surface area contributed by atoms with E-state index in [1.807, 2.05) is 31.2 Å². The number of nitrogens with zero attached hydrogens (tertiary/aromatic N) is 2. The summed E-state index contributed by atoms with van der Waals surface area (Å²) in [4.78, 5) is 24.7. The average molecular weight is 331 g/mol. The molecule has 1 heterocycles. The summed E-state index contributed by atoms with van der Waals surface area (Å²) in [6.45, 7) is 2.71. The van der Waals surface area contributed by atoms with Crippen LogP contribution in [0.4, 0.5) is 0 Å². The van der Waals surface area contributed by atoms with E-state index in [0.717, 1.165) is 36.7 Å². The SMILES string of the molecule is CCn1c(=O)n(CC(=O)NCC(O)C2CCCC2)c2ccccc21. The highest BCUT2D eigenvalue weighted by Gasteiger charge is 2.23. The third-order valence-corrected chi connectivity index (χ3v) is 5.00. The lowest BCUT2D eigenvalue weighted by molar-refractivity contribution is -0.122. The Morgan fingerprint density at radius 3 is 2.50 bits per heavy atom. The molecule has 1 atom stereocenters. The van der Waals surface area contributed by atoms with Crippen molar-refractivity contribution in [2.24, 2.45) is 5.92 Å². The average Bonchev–Trinajstić information content (AvgIpc) is 3.21. The topological polar surface area (TPSA) is 76.3 Å². The third-order valence-electron chi connectivity index (χ3n) is 5.00. The molecule has 1 aromatic carbocycles. The van der Waals surface area contributed by atoms with Crippen molar-refractivity contribution in [3.8, 4) is 0 Å². The molecule has 0 spiro atoms. The predicted octanol–water partition coefficient (Wildman–Crippen LogP) is 1.49. The van der Waals surface area contributed by atoms with Crippen molar-refractivity contribution in [2.75, 3.05) is 6.54 Å². The molecule has 2 aromatic rings. The minimum absolute atomic E-state index is 0.0241. The zero-order chi connectivity index (χ0) is 17.1. The molecule has 0 radical (unpaired) electrons. The van der Waals surface area contributed by atoms with Crippen LogP contribution in [-0.4, -0.2) is 32.8 Å². The molecule has 130 valence electrons. The lowest BCUT2D eigenvalue weighted by atomic mass is 10.0. The second-order valence-corrected chi connectivity index (χ2v) is 6.52. The summed E-state index contributed by atoms with van der Waals surface area (Å²) < 4.78 is 3.16. The Balaban J connectivity index is 1.69. The second kappa shape index (κ2) is 7.21. The zero-order valence-electron chi connectivity index (χ0n) is 14.1. The minimum Gasteiger partial charge on any atom is -0.391 e. The molecule has 24 heavy (non-hydrogen) atoms. The maximum absolute atomic E-state index is 12.5. The van der Waals surface area contributed by atoms with E-state index in [9.17, 15) is 14.7 Å². The Kier molecular flexibility index (Phi) is 5.04. The Hall–Kier alpha value is -2.08. The molecule has 1 aromatic heterocycles. The van der Waals surface area contributed by atoms with Crippen molar-refractivity contribution in [3.63, 3.8) is 0 Å². The van der Waals surface area contributed by atoms with Gasteiger partial charge in [-0.05, 0) is 37.8 Å². The quantitative estimate of drug-likeness (QED) is 0.842. The fourth-order valence-corrected chi connectivity index (χ4v) is 3.66. The van der Waals surface area contributed by atoms with Crippen LogP contribution in [0.1, 0.15) is 32.6 Å². The minimum atomic E-state index is -0.495. The van der Waals surface area contributed by atoms with Gasteiger partial charge in [0.05, 0.1) is 17.1 Å². The van der Waals surface area contributed by atoms with Crippen LogP contribution < -0.4 is 11.0 Å². The Morgan fingerprint density at radius 1 is 1.25 bits per heavy atom. The summed E-state index contributed by atoms with van der Waals surface area (Å²) in [5, 5.41) is 12.9. The van der Waals surface area contributed by atoms with Gasteiger partial charge in [-0.2, -0.15) is 0 Å². The smallest absolute Gasteiger partial charge is 0.329 e. The number of aliphatic hydroxyl groups excluding tert-OH is 1. The number of aryl methyl sites for hydroxylation is 1. The van der Waals surface area contributed by atoms with Crippen LogP contribution in [0.5, 0.6) is 0 Å². The maximum atomic E-state index is 12.5. The van der Waals surface area contributed by atoms with Gasteiger partial charge in [-0.15, -0.1) is 0 Å². The molecule has 6 heteroatoms. The van der Waals surface area contributed by atoms with Gasteiger partial charge in [-0.25, -0.2) is 4.79 Å². The first-order valence-electron chi connectivity index (χ1n) is 8.74. The molecule has 1 saturated carbocycles. The van der Waals surface area contributed by atoms with E-state index in [2.05, 4.69) is 5.32 Å². The molecule has 0 bridgehead atoms. The van der Waals surface area contributed by atoms with E-state index >= 15 is 0 Å². The van der Waals surface area contributed by atoms with Crippen LogP contribution in [0.25, 0.3) is 11.0 Å². The van der Waals surface area contributed by atoms with Crippen LogP contribution in [0.2, 0.25) is 0 Å². The zero-order valence-corrected chi connectivity index (χ0v) is 14.1. The van der Waals surface area contributed by atoms with E-state index in [1.165, 1.54) is 4.57 Å². The van der Waals surface area contributed by atoms with Crippen LogP contribution in [0.15, 0.2) is 29.1 Å². The monoisotopic (exact) mass is 331 g/mol. The number of hydrogen-bond donors (Lipinski definition) is 2. The van der Waals surface area contributed by atoms with E-state index in [1.54, 1.807) is 4.57 Å². The van der Waals surface area contributed by atoms with E-state index in [4.69, 9.17) is 0 Å². The number of para-hydroxylation sites is 2. The Bertz CT molecular complexity index is 771. The molecular formula is C18H25N3O3. The fourth-order valence-electron chi connectivity index (χ4n) is 3.66. The number of aromatic nitrogens is 2. The van der Waals surface area contributed by atoms with Gasteiger partial charge in [0, 0.05) is 13.1 Å². The fraction of sp³-hybridized carbons (Fsp3) is 0.556. The normalized spacial score (nSPS) is 16.6. The van der Waals surface area contributed by atoms with Crippen molar-refractivity contribution in [3.05, 3.63) is 34.7 Å². The van der Waals surface area contributed by atoms with Crippen LogP contribution >= 0.6 is 0 Å². The summed E-state index contributed by atoms with van der Waals surface area (Å²) in [5.41, 5.74) is 1.42. The van der Waals surface area contributed by atoms with Gasteiger partial charge >= 0.3 is 5.69 Å². The lowest BCUT2D eigenvalue weighted by Gasteiger charge is -2.18. The number of imidazole rings is 1. The summed E-state index contributed by atoms with van der Waals surface area (Å²) in [5.74, 6) is 0.0446. The Morgan fingerprint density at radius 2 is 1.88 bits per heavy atom. The van der Waals surface area contributed by atoms with Crippen LogP contribution in [0, 0.1) is 5.92 Å². The number of carbonyl (C=O) groups excluding carboxylic acids is 1. The summed E-state index contributed by atoms with van der Waals surface area (Å²) in [6, 6.07) is 7.48. The number of benzene rings is 1. The van der Waals surface area contributed by atoms with Gasteiger partial charge in [0.2, 0.25) is 5.91 Å². The van der Waals surface area contributed by atoms with Gasteiger partial charge in [0.1, 0.15) is 6.54 Å². The lowest BCUT2D eigenvalue weighted by Crippen LogP contribution is -2.39. The van der Waals surface area contributed by atoms with E-state index < -0.39 is 6.10 Å². The number of amides is 1. The van der Waals surface area contributed by atoms with Gasteiger partial charge in [-0.1, -0.05) is 25.0 Å². The number of nitrogens with one attached hydrogen (secondary N) is 1. The molecule has 2 N–H and O–H groups in total. The van der Waals surface area contributed by atoms with Gasteiger partial charge in [0.25, 0.3) is 0 Å². The maximum Gasteiger partial charge on any atom is 0.329 e. The first kappa shape index (κ1) is 16.8. The summed E-state index contributed by atoms with van der Waals surface area (Å²) >= 11 is 0. The molecule has 1 aliphatic rings. The van der Waals surface area contributed by atoms with Gasteiger partial charge in [0.15, 0.2) is 0 Å². The number of rotatable bonds is 6. The third kappa shape index (κ3) is 3.24. The number of carbonyl (C=O) groups is 1. The molecule has 1 fully saturated rings. The molecule has 1 aliphatic carbocycles. The highest BCUT2D eigenvalue weighted by molar-refractivity contribution is 5.80. The predicted molar refractivity (Wildman–Crippen MR) is 92.8 cm³/mol. The molecule has 0 aliphatic heterocycles. The second-order valence-electron chi connectivity index (χ2n) is 6.52.